The normalized spacial score (nSPS) is 20.5. The number of likely N-dealkylation sites (tertiary alicyclic amines) is 1. The topological polar surface area (TPSA) is 83.5 Å². The molecule has 1 saturated carbocycles. The third-order valence-electron chi connectivity index (χ3n) is 8.60. The van der Waals surface area contributed by atoms with Crippen LogP contribution in [0.1, 0.15) is 83.6 Å². The van der Waals surface area contributed by atoms with E-state index in [0.717, 1.165) is 50.5 Å². The average Bonchev–Trinajstić information content (AvgIpc) is 3.01. The number of carbonyl (C=O) groups is 2. The van der Waals surface area contributed by atoms with Crippen molar-refractivity contribution in [3.05, 3.63) is 43.0 Å². The predicted molar refractivity (Wildman–Crippen MR) is 164 cm³/mol. The van der Waals surface area contributed by atoms with E-state index in [4.69, 9.17) is 23.7 Å². The highest BCUT2D eigenvalue weighted by atomic mass is 16.6. The first-order chi connectivity index (χ1) is 20.2. The van der Waals surface area contributed by atoms with Crippen molar-refractivity contribution in [2.45, 2.75) is 96.3 Å². The number of ether oxygens (including phenoxy) is 5. The summed E-state index contributed by atoms with van der Waals surface area (Å²) < 4.78 is 29.2. The predicted octanol–water partition coefficient (Wildman–Crippen LogP) is 6.47. The molecule has 2 aliphatic rings. The molecule has 0 bridgehead atoms. The molecule has 0 N–H and O–H groups in total. The zero-order chi connectivity index (χ0) is 30.6. The first kappa shape index (κ1) is 33.5. The van der Waals surface area contributed by atoms with Crippen molar-refractivity contribution >= 4 is 11.9 Å². The van der Waals surface area contributed by atoms with Gasteiger partial charge in [0.05, 0.1) is 33.4 Å². The largest absolute Gasteiger partial charge is 0.493 e. The van der Waals surface area contributed by atoms with E-state index in [2.05, 4.69) is 13.2 Å². The Hall–Kier alpha value is -3.00. The number of methoxy groups -OCH3 is 2. The fraction of sp³-hybridized carbons (Fsp3) is 0.647. The first-order valence-corrected chi connectivity index (χ1v) is 15.5. The van der Waals surface area contributed by atoms with Gasteiger partial charge >= 0.3 is 5.97 Å². The van der Waals surface area contributed by atoms with Crippen molar-refractivity contribution in [2.24, 2.45) is 11.8 Å². The lowest BCUT2D eigenvalue weighted by Crippen LogP contribution is -2.51. The molecule has 0 aromatic heterocycles. The number of rotatable bonds is 15. The van der Waals surface area contributed by atoms with Gasteiger partial charge in [0.2, 0.25) is 11.7 Å². The zero-order valence-corrected chi connectivity index (χ0v) is 26.3. The lowest BCUT2D eigenvalue weighted by atomic mass is 9.75. The van der Waals surface area contributed by atoms with E-state index in [9.17, 15) is 9.59 Å². The Kier molecular flexibility index (Phi) is 13.2. The highest BCUT2D eigenvalue weighted by Crippen LogP contribution is 2.45. The van der Waals surface area contributed by atoms with Crippen molar-refractivity contribution in [3.8, 4) is 17.2 Å². The molecular weight excluding hydrogens is 534 g/mol. The molecule has 8 heteroatoms. The molecule has 5 atom stereocenters. The molecule has 1 amide bonds. The smallest absolute Gasteiger partial charge is 0.329 e. The summed E-state index contributed by atoms with van der Waals surface area (Å²) in [6.07, 6.45) is 10.4. The highest BCUT2D eigenvalue weighted by Gasteiger charge is 2.41. The third kappa shape index (κ3) is 8.52. The van der Waals surface area contributed by atoms with Gasteiger partial charge in [0.25, 0.3) is 0 Å². The number of hydrogen-bond donors (Lipinski definition) is 0. The number of nitrogens with zero attached hydrogens (tertiary/aromatic N) is 1. The Bertz CT molecular complexity index is 1050. The van der Waals surface area contributed by atoms with Gasteiger partial charge in [0.1, 0.15) is 18.2 Å². The van der Waals surface area contributed by atoms with Crippen LogP contribution in [0.15, 0.2) is 37.4 Å². The Morgan fingerprint density at radius 1 is 0.976 bits per heavy atom. The summed E-state index contributed by atoms with van der Waals surface area (Å²) in [5.41, 5.74) is 0.810. The first-order valence-electron chi connectivity index (χ1n) is 15.5. The number of carbonyl (C=O) groups excluding carboxylic acids is 2. The van der Waals surface area contributed by atoms with E-state index in [1.807, 2.05) is 32.9 Å². The van der Waals surface area contributed by atoms with E-state index in [1.54, 1.807) is 31.3 Å². The summed E-state index contributed by atoms with van der Waals surface area (Å²) in [7, 11) is 3.16. The molecule has 1 aliphatic carbocycles. The van der Waals surface area contributed by atoms with E-state index >= 15 is 0 Å². The molecule has 1 aliphatic heterocycles. The molecule has 1 aromatic carbocycles. The minimum Gasteiger partial charge on any atom is -0.493 e. The second-order valence-electron chi connectivity index (χ2n) is 11.7. The van der Waals surface area contributed by atoms with Gasteiger partial charge in [0.15, 0.2) is 11.5 Å². The molecule has 8 nitrogen and oxygen atoms in total. The van der Waals surface area contributed by atoms with Crippen LogP contribution < -0.4 is 14.2 Å². The standard InChI is InChI=1S/C34H51NO7/c1-8-19-40-22-24(4)41-30-21-27(20-29(38-6)32(30)39-7)31(26-15-11-10-12-16-26)33(36)35-18-14-13-17-28(35)34(37)42-25(5)23(3)9-2/h8-9,20-21,23-26,28,31H,1-2,10-19,22H2,3-7H3/t23-,24-,25-,28+,31+/m1/s1. The Labute approximate surface area is 252 Å². The van der Waals surface area contributed by atoms with Crippen LogP contribution in [0.5, 0.6) is 17.2 Å². The molecule has 234 valence electrons. The molecular formula is C34H51NO7. The Morgan fingerprint density at radius 2 is 1.67 bits per heavy atom. The summed E-state index contributed by atoms with van der Waals surface area (Å²) in [5.74, 6) is 0.811. The van der Waals surface area contributed by atoms with Crippen molar-refractivity contribution in [1.29, 1.82) is 0 Å². The van der Waals surface area contributed by atoms with Crippen molar-refractivity contribution in [2.75, 3.05) is 34.0 Å². The van der Waals surface area contributed by atoms with Gasteiger partial charge in [0, 0.05) is 12.5 Å². The minimum absolute atomic E-state index is 0.0198. The molecule has 3 rings (SSSR count). The third-order valence-corrected chi connectivity index (χ3v) is 8.60. The summed E-state index contributed by atoms with van der Waals surface area (Å²) >= 11 is 0. The van der Waals surface area contributed by atoms with E-state index in [0.29, 0.717) is 43.4 Å². The molecule has 1 heterocycles. The molecule has 0 spiro atoms. The fourth-order valence-corrected chi connectivity index (χ4v) is 6.05. The number of benzene rings is 1. The van der Waals surface area contributed by atoms with Crippen molar-refractivity contribution in [3.63, 3.8) is 0 Å². The lowest BCUT2D eigenvalue weighted by molar-refractivity contribution is -0.163. The van der Waals surface area contributed by atoms with Crippen molar-refractivity contribution < 1.29 is 33.3 Å². The van der Waals surface area contributed by atoms with Crippen LogP contribution in [0.2, 0.25) is 0 Å². The summed E-state index contributed by atoms with van der Waals surface area (Å²) in [6, 6.07) is 3.20. The molecule has 0 radical (unpaired) electrons. The highest BCUT2D eigenvalue weighted by molar-refractivity contribution is 5.89. The van der Waals surface area contributed by atoms with Gasteiger partial charge in [-0.2, -0.15) is 0 Å². The monoisotopic (exact) mass is 585 g/mol. The molecule has 1 aromatic rings. The maximum atomic E-state index is 14.6. The van der Waals surface area contributed by atoms with Crippen molar-refractivity contribution in [1.82, 2.24) is 4.90 Å². The summed E-state index contributed by atoms with van der Waals surface area (Å²) in [6.45, 7) is 14.6. The lowest BCUT2D eigenvalue weighted by Gasteiger charge is -2.40. The number of esters is 1. The van der Waals surface area contributed by atoms with Crippen LogP contribution in [-0.2, 0) is 19.1 Å². The zero-order valence-electron chi connectivity index (χ0n) is 26.3. The number of piperidine rings is 1. The molecule has 42 heavy (non-hydrogen) atoms. The molecule has 2 fully saturated rings. The molecule has 1 saturated heterocycles. The Balaban J connectivity index is 1.99. The van der Waals surface area contributed by atoms with Gasteiger partial charge < -0.3 is 28.6 Å². The van der Waals surface area contributed by atoms with Gasteiger partial charge in [-0.1, -0.05) is 38.3 Å². The fourth-order valence-electron chi connectivity index (χ4n) is 6.05. The number of hydrogen-bond acceptors (Lipinski definition) is 7. The molecule has 0 unspecified atom stereocenters. The summed E-state index contributed by atoms with van der Waals surface area (Å²) in [5, 5.41) is 0. The van der Waals surface area contributed by atoms with Crippen LogP contribution in [-0.4, -0.2) is 69.0 Å². The maximum absolute atomic E-state index is 14.6. The van der Waals surface area contributed by atoms with Gasteiger partial charge in [-0.25, -0.2) is 4.79 Å². The van der Waals surface area contributed by atoms with E-state index in [1.165, 1.54) is 0 Å². The van der Waals surface area contributed by atoms with Crippen LogP contribution in [0.25, 0.3) is 0 Å². The SMILES string of the molecule is C=CCOC[C@@H](C)Oc1cc([C@@H](C(=O)N2CCCC[C@H]2C(=O)O[C@H](C)[C@H](C)C=C)C2CCCCC2)cc(OC)c1OC. The Morgan fingerprint density at radius 3 is 2.31 bits per heavy atom. The van der Waals surface area contributed by atoms with Crippen LogP contribution in [0, 0.1) is 11.8 Å². The number of amides is 1. The summed E-state index contributed by atoms with van der Waals surface area (Å²) in [4.78, 5) is 29.8. The van der Waals surface area contributed by atoms with Crippen LogP contribution in [0.3, 0.4) is 0 Å². The second kappa shape index (κ2) is 16.6. The van der Waals surface area contributed by atoms with Crippen LogP contribution >= 0.6 is 0 Å². The van der Waals surface area contributed by atoms with Crippen LogP contribution in [0.4, 0.5) is 0 Å². The quantitative estimate of drug-likeness (QED) is 0.132. The minimum atomic E-state index is -0.602. The second-order valence-corrected chi connectivity index (χ2v) is 11.7. The average molecular weight is 586 g/mol. The van der Waals surface area contributed by atoms with E-state index in [-0.39, 0.29) is 35.9 Å². The van der Waals surface area contributed by atoms with Gasteiger partial charge in [-0.05, 0) is 69.6 Å². The van der Waals surface area contributed by atoms with E-state index < -0.39 is 12.0 Å². The van der Waals surface area contributed by atoms with Gasteiger partial charge in [-0.15, -0.1) is 13.2 Å². The maximum Gasteiger partial charge on any atom is 0.329 e. The van der Waals surface area contributed by atoms with Gasteiger partial charge in [-0.3, -0.25) is 4.79 Å².